The van der Waals surface area contributed by atoms with Crippen LogP contribution in [0, 0.1) is 0 Å². The second kappa shape index (κ2) is 19.9. The minimum Gasteiger partial charge on any atom is -0.505 e. The van der Waals surface area contributed by atoms with Crippen molar-refractivity contribution in [2.45, 2.75) is 94.7 Å². The second-order valence-corrected chi connectivity index (χ2v) is 16.2. The van der Waals surface area contributed by atoms with Crippen molar-refractivity contribution in [2.75, 3.05) is 39.1 Å². The van der Waals surface area contributed by atoms with Crippen LogP contribution in [0.2, 0.25) is 0 Å². The molecule has 3 aliphatic heterocycles. The summed E-state index contributed by atoms with van der Waals surface area (Å²) >= 11 is 0. The SMILES string of the molecule is CC[C@H]1NC(=O)[C@@H](NC(=O)c2ncccc2O)[C@H](C)OC(=O)[C@@H](c2ccccc2)NC(=O)[C@H]2CC(=O)CCN2C(=O)[C@@H](Cc2ccc(N(C)C)cc2)N(C)C(=O)[C@H]2CCCN2C1=O. The molecular formula is C45H54N8O10. The van der Waals surface area contributed by atoms with Crippen LogP contribution in [0.5, 0.6) is 5.75 Å². The van der Waals surface area contributed by atoms with E-state index in [4.69, 9.17) is 4.74 Å². The summed E-state index contributed by atoms with van der Waals surface area (Å²) in [6, 6.07) is 10.1. The lowest BCUT2D eigenvalue weighted by Crippen LogP contribution is -2.61. The lowest BCUT2D eigenvalue weighted by molar-refractivity contribution is -0.156. The number of rotatable bonds is 7. The van der Waals surface area contributed by atoms with E-state index in [2.05, 4.69) is 20.9 Å². The number of benzene rings is 2. The molecule has 63 heavy (non-hydrogen) atoms. The van der Waals surface area contributed by atoms with Gasteiger partial charge in [-0.15, -0.1) is 0 Å². The standard InChI is InChI=1S/C45H54N8O10/c1-6-31-42(59)52-22-11-14-32(52)43(60)51(5)34(24-27-16-18-29(19-17-27)50(3)4)44(61)53-23-20-30(54)25-33(53)39(56)49-37(28-12-8-7-9-13-28)45(62)63-26(2)36(40(57)47-31)48-41(58)38-35(55)15-10-21-46-38/h7-10,12-13,15-19,21,26,31-34,36-37,55H,6,11,14,20,22-25H2,1-5H3,(H,47,57)(H,48,58)(H,49,56)/t26-,31+,32+,33+,34+,36-,37+/m0/s1. The first-order valence-electron chi connectivity index (χ1n) is 21.1. The molecule has 0 saturated carbocycles. The van der Waals surface area contributed by atoms with Crippen LogP contribution in [0.3, 0.4) is 0 Å². The summed E-state index contributed by atoms with van der Waals surface area (Å²) in [5.41, 5.74) is 1.45. The van der Waals surface area contributed by atoms with Crippen molar-refractivity contribution in [2.24, 2.45) is 0 Å². The number of aromatic nitrogens is 1. The van der Waals surface area contributed by atoms with Crippen LogP contribution in [-0.2, 0) is 44.7 Å². The molecule has 4 N–H and O–H groups in total. The first kappa shape index (κ1) is 45.7. The summed E-state index contributed by atoms with van der Waals surface area (Å²) in [6.07, 6.45) is 0.175. The molecule has 0 unspecified atom stereocenters. The average Bonchev–Trinajstić information content (AvgIpc) is 3.77. The van der Waals surface area contributed by atoms with Gasteiger partial charge in [-0.25, -0.2) is 9.78 Å². The number of nitrogens with zero attached hydrogens (tertiary/aromatic N) is 5. The molecule has 0 spiro atoms. The van der Waals surface area contributed by atoms with Crippen LogP contribution >= 0.6 is 0 Å². The van der Waals surface area contributed by atoms with Gasteiger partial charge in [-0.2, -0.15) is 0 Å². The topological polar surface area (TPSA) is 228 Å². The fourth-order valence-electron chi connectivity index (χ4n) is 8.20. The summed E-state index contributed by atoms with van der Waals surface area (Å²) < 4.78 is 5.85. The van der Waals surface area contributed by atoms with E-state index in [0.29, 0.717) is 12.0 Å². The molecule has 2 aromatic carbocycles. The number of pyridine rings is 1. The van der Waals surface area contributed by atoms with Gasteiger partial charge in [0, 0.05) is 65.4 Å². The van der Waals surface area contributed by atoms with E-state index in [9.17, 15) is 43.5 Å². The Kier molecular flexibility index (Phi) is 14.4. The first-order valence-corrected chi connectivity index (χ1v) is 21.1. The number of amides is 6. The van der Waals surface area contributed by atoms with E-state index in [1.54, 1.807) is 37.3 Å². The first-order chi connectivity index (χ1) is 30.1. The van der Waals surface area contributed by atoms with Crippen molar-refractivity contribution in [3.8, 4) is 5.75 Å². The van der Waals surface area contributed by atoms with Gasteiger partial charge < -0.3 is 45.4 Å². The van der Waals surface area contributed by atoms with Crippen molar-refractivity contribution in [1.29, 1.82) is 0 Å². The average molecular weight is 867 g/mol. The van der Waals surface area contributed by atoms with Gasteiger partial charge in [0.15, 0.2) is 11.7 Å². The number of ketones is 1. The highest BCUT2D eigenvalue weighted by molar-refractivity contribution is 6.01. The minimum absolute atomic E-state index is 0.0299. The number of anilines is 1. The van der Waals surface area contributed by atoms with E-state index in [-0.39, 0.29) is 56.5 Å². The third kappa shape index (κ3) is 10.3. The number of nitrogens with one attached hydrogen (secondary N) is 3. The van der Waals surface area contributed by atoms with Crippen molar-refractivity contribution in [3.63, 3.8) is 0 Å². The third-order valence-electron chi connectivity index (χ3n) is 11.8. The zero-order valence-corrected chi connectivity index (χ0v) is 36.0. The maximum absolute atomic E-state index is 15.0. The largest absolute Gasteiger partial charge is 0.505 e. The number of hydrogen-bond acceptors (Lipinski definition) is 12. The van der Waals surface area contributed by atoms with Crippen molar-refractivity contribution < 1.29 is 48.2 Å². The highest BCUT2D eigenvalue weighted by Crippen LogP contribution is 2.27. The molecule has 18 nitrogen and oxygen atoms in total. The van der Waals surface area contributed by atoms with E-state index in [0.717, 1.165) is 5.69 Å². The Labute approximate surface area is 365 Å². The quantitative estimate of drug-likeness (QED) is 0.247. The van der Waals surface area contributed by atoms with Gasteiger partial charge in [-0.05, 0) is 61.6 Å². The Morgan fingerprint density at radius 3 is 2.24 bits per heavy atom. The Hall–Kier alpha value is -6.85. The van der Waals surface area contributed by atoms with E-state index in [1.165, 1.54) is 47.0 Å². The number of hydrogen-bond donors (Lipinski definition) is 4. The maximum atomic E-state index is 15.0. The maximum Gasteiger partial charge on any atom is 0.333 e. The zero-order chi connectivity index (χ0) is 45.5. The molecule has 4 heterocycles. The van der Waals surface area contributed by atoms with Gasteiger partial charge in [0.25, 0.3) is 5.91 Å². The molecule has 7 atom stereocenters. The van der Waals surface area contributed by atoms with Crippen LogP contribution < -0.4 is 20.9 Å². The molecule has 6 amide bonds. The van der Waals surface area contributed by atoms with Gasteiger partial charge in [-0.3, -0.25) is 33.6 Å². The molecule has 3 aliphatic rings. The molecular weight excluding hydrogens is 813 g/mol. The van der Waals surface area contributed by atoms with Crippen LogP contribution in [0.1, 0.15) is 73.6 Å². The third-order valence-corrected chi connectivity index (χ3v) is 11.8. The fourth-order valence-corrected chi connectivity index (χ4v) is 8.20. The summed E-state index contributed by atoms with van der Waals surface area (Å²) in [5.74, 6) is -6.33. The zero-order valence-electron chi connectivity index (χ0n) is 36.0. The van der Waals surface area contributed by atoms with Crippen molar-refractivity contribution in [3.05, 3.63) is 89.7 Å². The van der Waals surface area contributed by atoms with Crippen molar-refractivity contribution in [1.82, 2.24) is 35.6 Å². The number of ether oxygens (including phenoxy) is 1. The number of carbonyl (C=O) groups excluding carboxylic acids is 8. The smallest absolute Gasteiger partial charge is 0.333 e. The number of carbonyl (C=O) groups is 8. The molecule has 6 rings (SSSR count). The van der Waals surface area contributed by atoms with Gasteiger partial charge in [-0.1, -0.05) is 49.4 Å². The summed E-state index contributed by atoms with van der Waals surface area (Å²) in [6.45, 7) is 3.02. The highest BCUT2D eigenvalue weighted by atomic mass is 16.5. The van der Waals surface area contributed by atoms with E-state index >= 15 is 0 Å². The Bertz CT molecular complexity index is 2220. The molecule has 334 valence electrons. The molecule has 0 aliphatic carbocycles. The molecule has 0 bridgehead atoms. The Balaban J connectivity index is 1.44. The Morgan fingerprint density at radius 2 is 1.57 bits per heavy atom. The van der Waals surface area contributed by atoms with Crippen molar-refractivity contribution >= 4 is 52.9 Å². The fraction of sp³-hybridized carbons (Fsp3) is 0.444. The van der Waals surface area contributed by atoms with Crippen LogP contribution in [0.15, 0.2) is 72.9 Å². The highest BCUT2D eigenvalue weighted by Gasteiger charge is 2.45. The lowest BCUT2D eigenvalue weighted by atomic mass is 9.95. The van der Waals surface area contributed by atoms with E-state index < -0.39 is 95.2 Å². The van der Waals surface area contributed by atoms with Crippen LogP contribution in [0.25, 0.3) is 0 Å². The summed E-state index contributed by atoms with van der Waals surface area (Å²) in [7, 11) is 5.25. The summed E-state index contributed by atoms with van der Waals surface area (Å²) in [4.78, 5) is 123. The Morgan fingerprint density at radius 1 is 0.873 bits per heavy atom. The monoisotopic (exact) mass is 866 g/mol. The number of likely N-dealkylation sites (N-methyl/N-ethyl adjacent to an activating group) is 1. The molecule has 3 saturated heterocycles. The number of aromatic hydroxyl groups is 1. The number of fused-ring (bicyclic) bond motifs is 2. The summed E-state index contributed by atoms with van der Waals surface area (Å²) in [5, 5.41) is 18.2. The number of piperidine rings is 1. The predicted molar refractivity (Wildman–Crippen MR) is 228 cm³/mol. The second-order valence-electron chi connectivity index (χ2n) is 16.2. The number of cyclic esters (lactones) is 1. The van der Waals surface area contributed by atoms with Crippen LogP contribution in [-0.4, -0.2) is 143 Å². The number of esters is 1. The van der Waals surface area contributed by atoms with Crippen LogP contribution in [0.4, 0.5) is 5.69 Å². The molecule has 18 heteroatoms. The number of Topliss-reactive ketones (excluding diaryl/α,β-unsaturated/α-hetero) is 1. The van der Waals surface area contributed by atoms with Gasteiger partial charge in [0.1, 0.15) is 47.8 Å². The molecule has 1 aromatic heterocycles. The van der Waals surface area contributed by atoms with Gasteiger partial charge >= 0.3 is 5.97 Å². The molecule has 0 radical (unpaired) electrons. The minimum atomic E-state index is -1.68. The normalized spacial score (nSPS) is 25.4. The molecule has 3 aromatic rings. The molecule has 3 fully saturated rings. The predicted octanol–water partition coefficient (Wildman–Crippen LogP) is 1.27. The lowest BCUT2D eigenvalue weighted by Gasteiger charge is -2.40. The van der Waals surface area contributed by atoms with E-state index in [1.807, 2.05) is 43.3 Å². The van der Waals surface area contributed by atoms with Gasteiger partial charge in [0.2, 0.25) is 29.5 Å². The van der Waals surface area contributed by atoms with Gasteiger partial charge in [0.05, 0.1) is 0 Å².